The van der Waals surface area contributed by atoms with E-state index >= 15 is 0 Å². The Kier molecular flexibility index (Phi) is 4.36. The minimum absolute atomic E-state index is 0.185. The molecule has 1 aliphatic rings. The Morgan fingerprint density at radius 2 is 2.23 bits per heavy atom. The fourth-order valence-electron chi connectivity index (χ4n) is 3.00. The fourth-order valence-corrected chi connectivity index (χ4v) is 3.00. The molecular formula is C17H24N2O3. The predicted octanol–water partition coefficient (Wildman–Crippen LogP) is 2.96. The Bertz CT molecular complexity index is 651. The lowest BCUT2D eigenvalue weighted by atomic mass is 10.1. The number of hydrogen-bond donors (Lipinski definition) is 2. The van der Waals surface area contributed by atoms with Crippen molar-refractivity contribution < 1.29 is 14.3 Å². The van der Waals surface area contributed by atoms with Crippen LogP contribution < -0.4 is 10.1 Å². The summed E-state index contributed by atoms with van der Waals surface area (Å²) in [6.45, 7) is 4.81. The molecule has 0 bridgehead atoms. The van der Waals surface area contributed by atoms with Gasteiger partial charge in [0, 0.05) is 18.5 Å². The van der Waals surface area contributed by atoms with Crippen LogP contribution >= 0.6 is 0 Å². The molecule has 22 heavy (non-hydrogen) atoms. The van der Waals surface area contributed by atoms with E-state index in [4.69, 9.17) is 9.15 Å². The van der Waals surface area contributed by atoms with Crippen molar-refractivity contribution in [2.75, 3.05) is 7.11 Å². The molecule has 1 heterocycles. The van der Waals surface area contributed by atoms with Crippen LogP contribution in [0, 0.1) is 0 Å². The maximum absolute atomic E-state index is 9.89. The van der Waals surface area contributed by atoms with Gasteiger partial charge >= 0.3 is 0 Å². The fraction of sp³-hybridized carbons (Fsp3) is 0.588. The standard InChI is InChI=1S/C17H24N2O3/c1-10(2)17-19-13-7-11(8-15(21-3)16(13)22-17)9-18-12-5-4-6-14(12)20/h7-8,10,12,14,18,20H,4-6,9H2,1-3H3/t12-,14+/m0/s1. The third-order valence-corrected chi connectivity index (χ3v) is 4.29. The van der Waals surface area contributed by atoms with Crippen molar-refractivity contribution in [1.82, 2.24) is 10.3 Å². The molecule has 5 nitrogen and oxygen atoms in total. The normalized spacial score (nSPS) is 21.9. The Morgan fingerprint density at radius 3 is 2.86 bits per heavy atom. The summed E-state index contributed by atoms with van der Waals surface area (Å²) >= 11 is 0. The lowest BCUT2D eigenvalue weighted by Crippen LogP contribution is -2.35. The van der Waals surface area contributed by atoms with Crippen LogP contribution in [0.5, 0.6) is 5.75 Å². The maximum Gasteiger partial charge on any atom is 0.198 e. The van der Waals surface area contributed by atoms with Gasteiger partial charge in [-0.2, -0.15) is 0 Å². The zero-order chi connectivity index (χ0) is 15.7. The van der Waals surface area contributed by atoms with E-state index in [9.17, 15) is 5.11 Å². The molecule has 0 amide bonds. The predicted molar refractivity (Wildman–Crippen MR) is 85.1 cm³/mol. The summed E-state index contributed by atoms with van der Waals surface area (Å²) in [5.74, 6) is 1.68. The summed E-state index contributed by atoms with van der Waals surface area (Å²) in [4.78, 5) is 4.55. The number of nitrogens with zero attached hydrogens (tertiary/aromatic N) is 1. The Labute approximate surface area is 130 Å². The second-order valence-electron chi connectivity index (χ2n) is 6.34. The number of nitrogens with one attached hydrogen (secondary N) is 1. The monoisotopic (exact) mass is 304 g/mol. The molecule has 120 valence electrons. The molecular weight excluding hydrogens is 280 g/mol. The number of benzene rings is 1. The molecule has 0 aliphatic heterocycles. The summed E-state index contributed by atoms with van der Waals surface area (Å²) in [7, 11) is 1.64. The van der Waals surface area contributed by atoms with Crippen LogP contribution in [0.1, 0.15) is 50.5 Å². The maximum atomic E-state index is 9.89. The van der Waals surface area contributed by atoms with Crippen molar-refractivity contribution >= 4 is 11.1 Å². The number of methoxy groups -OCH3 is 1. The van der Waals surface area contributed by atoms with Crippen molar-refractivity contribution in [3.05, 3.63) is 23.6 Å². The van der Waals surface area contributed by atoms with Gasteiger partial charge in [0.2, 0.25) is 0 Å². The lowest BCUT2D eigenvalue weighted by Gasteiger charge is -2.16. The summed E-state index contributed by atoms with van der Waals surface area (Å²) in [5, 5.41) is 13.3. The third-order valence-electron chi connectivity index (χ3n) is 4.29. The summed E-state index contributed by atoms with van der Waals surface area (Å²) in [6, 6.07) is 4.19. The number of aliphatic hydroxyl groups excluding tert-OH is 1. The van der Waals surface area contributed by atoms with Gasteiger partial charge in [-0.25, -0.2) is 4.98 Å². The van der Waals surface area contributed by atoms with E-state index in [1.165, 1.54) is 0 Å². The second kappa shape index (κ2) is 6.26. The highest BCUT2D eigenvalue weighted by Gasteiger charge is 2.24. The molecule has 2 atom stereocenters. The largest absolute Gasteiger partial charge is 0.493 e. The molecule has 5 heteroatoms. The van der Waals surface area contributed by atoms with Crippen LogP contribution in [0.15, 0.2) is 16.5 Å². The lowest BCUT2D eigenvalue weighted by molar-refractivity contribution is 0.148. The van der Waals surface area contributed by atoms with Gasteiger partial charge in [-0.3, -0.25) is 0 Å². The van der Waals surface area contributed by atoms with Gasteiger partial charge in [0.05, 0.1) is 13.2 Å². The highest BCUT2D eigenvalue weighted by molar-refractivity contribution is 5.80. The van der Waals surface area contributed by atoms with E-state index in [0.29, 0.717) is 17.9 Å². The molecule has 0 unspecified atom stereocenters. The number of aliphatic hydroxyl groups is 1. The first-order chi connectivity index (χ1) is 10.6. The molecule has 3 rings (SSSR count). The van der Waals surface area contributed by atoms with E-state index in [-0.39, 0.29) is 18.1 Å². The van der Waals surface area contributed by atoms with Crippen LogP contribution in [0.25, 0.3) is 11.1 Å². The molecule has 1 saturated carbocycles. The van der Waals surface area contributed by atoms with Gasteiger partial charge in [0.25, 0.3) is 0 Å². The first-order valence-electron chi connectivity index (χ1n) is 7.97. The van der Waals surface area contributed by atoms with E-state index in [1.807, 2.05) is 12.1 Å². The van der Waals surface area contributed by atoms with Gasteiger partial charge in [0.15, 0.2) is 17.2 Å². The molecule has 1 aliphatic carbocycles. The van der Waals surface area contributed by atoms with Crippen molar-refractivity contribution in [1.29, 1.82) is 0 Å². The average Bonchev–Trinajstić information content (AvgIpc) is 3.10. The van der Waals surface area contributed by atoms with Gasteiger partial charge in [-0.1, -0.05) is 13.8 Å². The summed E-state index contributed by atoms with van der Waals surface area (Å²) < 4.78 is 11.2. The van der Waals surface area contributed by atoms with E-state index < -0.39 is 0 Å². The zero-order valence-corrected chi connectivity index (χ0v) is 13.4. The van der Waals surface area contributed by atoms with Crippen LogP contribution in [-0.4, -0.2) is 29.3 Å². The molecule has 0 saturated heterocycles. The number of ether oxygens (including phenoxy) is 1. The smallest absolute Gasteiger partial charge is 0.198 e. The number of hydrogen-bond acceptors (Lipinski definition) is 5. The molecule has 1 aromatic carbocycles. The first kappa shape index (κ1) is 15.3. The van der Waals surface area contributed by atoms with Gasteiger partial charge in [-0.15, -0.1) is 0 Å². The van der Waals surface area contributed by atoms with Crippen LogP contribution in [-0.2, 0) is 6.54 Å². The molecule has 0 spiro atoms. The average molecular weight is 304 g/mol. The van der Waals surface area contributed by atoms with Crippen LogP contribution in [0.4, 0.5) is 0 Å². The summed E-state index contributed by atoms with van der Waals surface area (Å²) in [6.07, 6.45) is 2.77. The second-order valence-corrected chi connectivity index (χ2v) is 6.34. The van der Waals surface area contributed by atoms with Gasteiger partial charge in [0.1, 0.15) is 5.52 Å². The number of rotatable bonds is 5. The van der Waals surface area contributed by atoms with E-state index in [2.05, 4.69) is 24.1 Å². The molecule has 0 radical (unpaired) electrons. The minimum atomic E-state index is -0.231. The highest BCUT2D eigenvalue weighted by atomic mass is 16.5. The first-order valence-corrected chi connectivity index (χ1v) is 7.97. The third kappa shape index (κ3) is 2.96. The number of oxazole rings is 1. The highest BCUT2D eigenvalue weighted by Crippen LogP contribution is 2.30. The molecule has 2 N–H and O–H groups in total. The Balaban J connectivity index is 1.83. The summed E-state index contributed by atoms with van der Waals surface area (Å²) in [5.41, 5.74) is 2.62. The van der Waals surface area contributed by atoms with Crippen molar-refractivity contribution in [3.8, 4) is 5.75 Å². The quantitative estimate of drug-likeness (QED) is 0.889. The van der Waals surface area contributed by atoms with Crippen molar-refractivity contribution in [2.45, 2.75) is 57.7 Å². The topological polar surface area (TPSA) is 67.5 Å². The van der Waals surface area contributed by atoms with Crippen molar-refractivity contribution in [3.63, 3.8) is 0 Å². The Morgan fingerprint density at radius 1 is 1.41 bits per heavy atom. The van der Waals surface area contributed by atoms with Gasteiger partial charge in [-0.05, 0) is 37.0 Å². The van der Waals surface area contributed by atoms with E-state index in [0.717, 1.165) is 36.2 Å². The number of aromatic nitrogens is 1. The van der Waals surface area contributed by atoms with Crippen molar-refractivity contribution in [2.24, 2.45) is 0 Å². The number of fused-ring (bicyclic) bond motifs is 1. The minimum Gasteiger partial charge on any atom is -0.493 e. The van der Waals surface area contributed by atoms with Crippen LogP contribution in [0.3, 0.4) is 0 Å². The zero-order valence-electron chi connectivity index (χ0n) is 13.4. The Hall–Kier alpha value is -1.59. The molecule has 1 aromatic heterocycles. The molecule has 1 fully saturated rings. The van der Waals surface area contributed by atoms with Gasteiger partial charge < -0.3 is 19.6 Å². The van der Waals surface area contributed by atoms with Crippen LogP contribution in [0.2, 0.25) is 0 Å². The SMILES string of the molecule is COc1cc(CN[C@H]2CCC[C@H]2O)cc2nc(C(C)C)oc12. The van der Waals surface area contributed by atoms with E-state index in [1.54, 1.807) is 7.11 Å². The molecule has 2 aromatic rings.